The molecule has 0 aliphatic heterocycles. The molecule has 0 saturated heterocycles. The fraction of sp³-hybridized carbons (Fsp3) is 0.385. The molecule has 0 fully saturated rings. The van der Waals surface area contributed by atoms with Gasteiger partial charge in [0.1, 0.15) is 6.04 Å². The Kier molecular flexibility index (Phi) is 5.63. The molecule has 0 saturated carbocycles. The quantitative estimate of drug-likeness (QED) is 0.877. The van der Waals surface area contributed by atoms with Crippen LogP contribution in [0.15, 0.2) is 18.2 Å². The highest BCUT2D eigenvalue weighted by Gasteiger charge is 2.22. The third-order valence-corrected chi connectivity index (χ3v) is 2.87. The van der Waals surface area contributed by atoms with Crippen LogP contribution in [0.1, 0.15) is 30.6 Å². The van der Waals surface area contributed by atoms with Crippen LogP contribution in [0.3, 0.4) is 0 Å². The summed E-state index contributed by atoms with van der Waals surface area (Å²) in [5, 5.41) is 12.2. The summed E-state index contributed by atoms with van der Waals surface area (Å²) in [6.07, 6.45) is 0.357. The lowest BCUT2D eigenvalue weighted by atomic mass is 10.0. The van der Waals surface area contributed by atoms with E-state index in [0.29, 0.717) is 16.5 Å². The molecule has 1 rings (SSSR count). The molecule has 104 valence electrons. The molecule has 0 bridgehead atoms. The van der Waals surface area contributed by atoms with E-state index in [1.54, 1.807) is 0 Å². The molecule has 0 heterocycles. The van der Waals surface area contributed by atoms with Crippen LogP contribution in [0, 0.1) is 5.92 Å². The third kappa shape index (κ3) is 5.09. The highest BCUT2D eigenvalue weighted by Crippen LogP contribution is 2.19. The van der Waals surface area contributed by atoms with Crippen LogP contribution < -0.4 is 5.32 Å². The maximum Gasteiger partial charge on any atom is 0.326 e. The standard InChI is InChI=1S/C13H15Cl2NO3/c1-7(2)3-11(13(18)19)16-12(17)8-4-9(14)6-10(15)5-8/h4-7,11H,3H2,1-2H3,(H,16,17)(H,18,19)/t11-/m1/s1. The first kappa shape index (κ1) is 15.8. The number of rotatable bonds is 5. The van der Waals surface area contributed by atoms with E-state index < -0.39 is 17.9 Å². The van der Waals surface area contributed by atoms with E-state index in [0.717, 1.165) is 0 Å². The number of hydrogen-bond donors (Lipinski definition) is 2. The maximum atomic E-state index is 12.0. The van der Waals surface area contributed by atoms with Crippen LogP contribution in [-0.4, -0.2) is 23.0 Å². The van der Waals surface area contributed by atoms with Gasteiger partial charge < -0.3 is 10.4 Å². The van der Waals surface area contributed by atoms with Crippen molar-refractivity contribution in [2.45, 2.75) is 26.3 Å². The van der Waals surface area contributed by atoms with Crippen molar-refractivity contribution in [1.29, 1.82) is 0 Å². The number of aliphatic carboxylic acids is 1. The second-order valence-corrected chi connectivity index (χ2v) is 5.52. The van der Waals surface area contributed by atoms with Gasteiger partial charge in [0.05, 0.1) is 0 Å². The second-order valence-electron chi connectivity index (χ2n) is 4.65. The summed E-state index contributed by atoms with van der Waals surface area (Å²) in [6.45, 7) is 3.77. The Morgan fingerprint density at radius 2 is 1.74 bits per heavy atom. The molecule has 2 N–H and O–H groups in total. The van der Waals surface area contributed by atoms with Crippen molar-refractivity contribution < 1.29 is 14.7 Å². The van der Waals surface area contributed by atoms with Gasteiger partial charge in [-0.2, -0.15) is 0 Å². The summed E-state index contributed by atoms with van der Waals surface area (Å²) >= 11 is 11.6. The van der Waals surface area contributed by atoms with Crippen LogP contribution in [0.25, 0.3) is 0 Å². The number of carbonyl (C=O) groups excluding carboxylic acids is 1. The summed E-state index contributed by atoms with van der Waals surface area (Å²) in [7, 11) is 0. The Labute approximate surface area is 121 Å². The summed E-state index contributed by atoms with van der Waals surface area (Å²) in [4.78, 5) is 23.0. The Morgan fingerprint density at radius 1 is 1.21 bits per heavy atom. The highest BCUT2D eigenvalue weighted by atomic mass is 35.5. The summed E-state index contributed by atoms with van der Waals surface area (Å²) in [5.74, 6) is -1.41. The van der Waals surface area contributed by atoms with Crippen molar-refractivity contribution in [2.24, 2.45) is 5.92 Å². The molecule has 0 radical (unpaired) electrons. The zero-order valence-electron chi connectivity index (χ0n) is 10.6. The van der Waals surface area contributed by atoms with Gasteiger partial charge >= 0.3 is 5.97 Å². The topological polar surface area (TPSA) is 66.4 Å². The molecule has 0 aliphatic rings. The number of amides is 1. The van der Waals surface area contributed by atoms with Gasteiger partial charge in [-0.05, 0) is 30.5 Å². The second kappa shape index (κ2) is 6.78. The average Bonchev–Trinajstić information content (AvgIpc) is 2.25. The van der Waals surface area contributed by atoms with Gasteiger partial charge in [-0.3, -0.25) is 4.79 Å². The molecule has 1 aromatic carbocycles. The Morgan fingerprint density at radius 3 is 2.16 bits per heavy atom. The third-order valence-electron chi connectivity index (χ3n) is 2.44. The normalized spacial score (nSPS) is 12.3. The lowest BCUT2D eigenvalue weighted by Gasteiger charge is -2.16. The minimum Gasteiger partial charge on any atom is -0.480 e. The molecule has 0 aromatic heterocycles. The van der Waals surface area contributed by atoms with E-state index in [4.69, 9.17) is 28.3 Å². The highest BCUT2D eigenvalue weighted by molar-refractivity contribution is 6.35. The summed E-state index contributed by atoms with van der Waals surface area (Å²) in [6, 6.07) is 3.46. The SMILES string of the molecule is CC(C)C[C@@H](NC(=O)c1cc(Cl)cc(Cl)c1)C(=O)O. The number of carboxylic acids is 1. The minimum atomic E-state index is -1.06. The van der Waals surface area contributed by atoms with E-state index in [1.165, 1.54) is 18.2 Å². The molecular formula is C13H15Cl2NO3. The van der Waals surface area contributed by atoms with Gasteiger partial charge in [-0.25, -0.2) is 4.79 Å². The number of hydrogen-bond acceptors (Lipinski definition) is 2. The first-order valence-corrected chi connectivity index (χ1v) is 6.55. The van der Waals surface area contributed by atoms with Gasteiger partial charge in [0.2, 0.25) is 0 Å². The first-order chi connectivity index (χ1) is 8.79. The van der Waals surface area contributed by atoms with Crippen molar-refractivity contribution in [1.82, 2.24) is 5.32 Å². The van der Waals surface area contributed by atoms with E-state index >= 15 is 0 Å². The number of benzene rings is 1. The molecule has 19 heavy (non-hydrogen) atoms. The number of carboxylic acid groups (broad SMARTS) is 1. The van der Waals surface area contributed by atoms with E-state index in [1.807, 2.05) is 13.8 Å². The van der Waals surface area contributed by atoms with Crippen molar-refractivity contribution in [3.8, 4) is 0 Å². The van der Waals surface area contributed by atoms with Crippen LogP contribution in [0.5, 0.6) is 0 Å². The lowest BCUT2D eigenvalue weighted by molar-refractivity contribution is -0.139. The van der Waals surface area contributed by atoms with Gasteiger partial charge in [-0.1, -0.05) is 37.0 Å². The van der Waals surface area contributed by atoms with Crippen LogP contribution >= 0.6 is 23.2 Å². The molecule has 1 aromatic rings. The predicted molar refractivity (Wildman–Crippen MR) is 74.8 cm³/mol. The minimum absolute atomic E-state index is 0.157. The van der Waals surface area contributed by atoms with Gasteiger partial charge in [0, 0.05) is 15.6 Å². The first-order valence-electron chi connectivity index (χ1n) is 5.79. The van der Waals surface area contributed by atoms with Crippen molar-refractivity contribution in [2.75, 3.05) is 0 Å². The largest absolute Gasteiger partial charge is 0.480 e. The van der Waals surface area contributed by atoms with Crippen LogP contribution in [0.4, 0.5) is 0 Å². The Balaban J connectivity index is 2.84. The van der Waals surface area contributed by atoms with Gasteiger partial charge in [0.25, 0.3) is 5.91 Å². The van der Waals surface area contributed by atoms with Crippen molar-refractivity contribution in [3.05, 3.63) is 33.8 Å². The molecular weight excluding hydrogens is 289 g/mol. The van der Waals surface area contributed by atoms with E-state index in [2.05, 4.69) is 5.32 Å². The Bertz CT molecular complexity index is 469. The fourth-order valence-electron chi connectivity index (χ4n) is 1.62. The summed E-state index contributed by atoms with van der Waals surface area (Å²) in [5.41, 5.74) is 0.243. The number of halogens is 2. The van der Waals surface area contributed by atoms with Crippen molar-refractivity contribution in [3.63, 3.8) is 0 Å². The smallest absolute Gasteiger partial charge is 0.326 e. The Hall–Kier alpha value is -1.26. The maximum absolute atomic E-state index is 12.0. The molecule has 0 aliphatic carbocycles. The monoisotopic (exact) mass is 303 g/mol. The van der Waals surface area contributed by atoms with Crippen molar-refractivity contribution >= 4 is 35.1 Å². The molecule has 1 atom stereocenters. The molecule has 0 spiro atoms. The van der Waals surface area contributed by atoms with Gasteiger partial charge in [-0.15, -0.1) is 0 Å². The molecule has 0 unspecified atom stereocenters. The average molecular weight is 304 g/mol. The zero-order chi connectivity index (χ0) is 14.6. The summed E-state index contributed by atoms with van der Waals surface area (Å²) < 4.78 is 0. The van der Waals surface area contributed by atoms with E-state index in [-0.39, 0.29) is 11.5 Å². The van der Waals surface area contributed by atoms with Crippen LogP contribution in [0.2, 0.25) is 10.0 Å². The number of nitrogens with one attached hydrogen (secondary N) is 1. The zero-order valence-corrected chi connectivity index (χ0v) is 12.1. The molecule has 1 amide bonds. The fourth-order valence-corrected chi connectivity index (χ4v) is 2.15. The van der Waals surface area contributed by atoms with Crippen LogP contribution in [-0.2, 0) is 4.79 Å². The predicted octanol–water partition coefficient (Wildman–Crippen LogP) is 3.22. The molecule has 6 heteroatoms. The lowest BCUT2D eigenvalue weighted by Crippen LogP contribution is -2.41. The van der Waals surface area contributed by atoms with Gasteiger partial charge in [0.15, 0.2) is 0 Å². The number of carbonyl (C=O) groups is 2. The molecule has 4 nitrogen and oxygen atoms in total. The van der Waals surface area contributed by atoms with E-state index in [9.17, 15) is 9.59 Å².